The average Bonchev–Trinajstić information content (AvgIpc) is 3.08. The molecule has 0 saturated heterocycles. The van der Waals surface area contributed by atoms with E-state index in [-0.39, 0.29) is 0 Å². The SMILES string of the molecule is CC(c1cccs1)N1CCCc2ncc3ccccc3c21. The topological polar surface area (TPSA) is 16.1 Å². The predicted molar refractivity (Wildman–Crippen MR) is 90.1 cm³/mol. The van der Waals surface area contributed by atoms with E-state index in [0.717, 1.165) is 13.0 Å². The number of thiophene rings is 1. The quantitative estimate of drug-likeness (QED) is 0.674. The van der Waals surface area contributed by atoms with Gasteiger partial charge in [-0.1, -0.05) is 30.3 Å². The lowest BCUT2D eigenvalue weighted by Gasteiger charge is -2.36. The van der Waals surface area contributed by atoms with E-state index < -0.39 is 0 Å². The minimum absolute atomic E-state index is 0.414. The molecule has 0 bridgehead atoms. The number of fused-ring (bicyclic) bond motifs is 3. The number of anilines is 1. The number of hydrogen-bond donors (Lipinski definition) is 0. The lowest BCUT2D eigenvalue weighted by molar-refractivity contribution is 0.617. The molecule has 0 amide bonds. The fraction of sp³-hybridized carbons (Fsp3) is 0.278. The first-order valence-electron chi connectivity index (χ1n) is 7.51. The molecule has 3 heteroatoms. The van der Waals surface area contributed by atoms with Crippen LogP contribution in [0.3, 0.4) is 0 Å². The maximum atomic E-state index is 4.72. The van der Waals surface area contributed by atoms with Crippen molar-refractivity contribution in [2.24, 2.45) is 0 Å². The van der Waals surface area contributed by atoms with Crippen LogP contribution in [0.2, 0.25) is 0 Å². The molecule has 0 N–H and O–H groups in total. The van der Waals surface area contributed by atoms with Crippen molar-refractivity contribution in [1.82, 2.24) is 4.98 Å². The van der Waals surface area contributed by atoms with Gasteiger partial charge in [-0.05, 0) is 31.2 Å². The van der Waals surface area contributed by atoms with Crippen LogP contribution in [0.25, 0.3) is 10.8 Å². The molecule has 106 valence electrons. The third-order valence-corrected chi connectivity index (χ3v) is 5.41. The molecule has 3 heterocycles. The summed E-state index contributed by atoms with van der Waals surface area (Å²) in [6, 6.07) is 13.4. The van der Waals surface area contributed by atoms with Crippen LogP contribution in [0, 0.1) is 0 Å². The van der Waals surface area contributed by atoms with Crippen molar-refractivity contribution < 1.29 is 0 Å². The summed E-state index contributed by atoms with van der Waals surface area (Å²) in [5.74, 6) is 0. The molecule has 0 fully saturated rings. The highest BCUT2D eigenvalue weighted by atomic mass is 32.1. The summed E-state index contributed by atoms with van der Waals surface area (Å²) in [6.45, 7) is 3.42. The fourth-order valence-electron chi connectivity index (χ4n) is 3.29. The van der Waals surface area contributed by atoms with E-state index >= 15 is 0 Å². The van der Waals surface area contributed by atoms with Gasteiger partial charge in [-0.3, -0.25) is 4.98 Å². The first kappa shape index (κ1) is 12.8. The summed E-state index contributed by atoms with van der Waals surface area (Å²) in [5, 5.41) is 4.74. The molecule has 3 aromatic rings. The summed E-state index contributed by atoms with van der Waals surface area (Å²) in [7, 11) is 0. The minimum Gasteiger partial charge on any atom is -0.362 e. The Morgan fingerprint density at radius 2 is 2.10 bits per heavy atom. The van der Waals surface area contributed by atoms with E-state index in [2.05, 4.69) is 53.6 Å². The first-order valence-corrected chi connectivity index (χ1v) is 8.39. The van der Waals surface area contributed by atoms with Crippen LogP contribution in [-0.4, -0.2) is 11.5 Å². The Balaban J connectivity index is 1.88. The number of aromatic nitrogens is 1. The second-order valence-corrected chi connectivity index (χ2v) is 6.61. The second-order valence-electron chi connectivity index (χ2n) is 5.63. The number of benzene rings is 1. The summed E-state index contributed by atoms with van der Waals surface area (Å²) in [4.78, 5) is 8.69. The molecule has 1 aromatic carbocycles. The Morgan fingerprint density at radius 1 is 1.19 bits per heavy atom. The normalized spacial score (nSPS) is 16.0. The van der Waals surface area contributed by atoms with E-state index in [9.17, 15) is 0 Å². The van der Waals surface area contributed by atoms with Crippen molar-refractivity contribution in [1.29, 1.82) is 0 Å². The number of hydrogen-bond acceptors (Lipinski definition) is 3. The molecule has 0 radical (unpaired) electrons. The van der Waals surface area contributed by atoms with Crippen molar-refractivity contribution in [3.8, 4) is 0 Å². The lowest BCUT2D eigenvalue weighted by Crippen LogP contribution is -2.32. The maximum absolute atomic E-state index is 4.72. The van der Waals surface area contributed by atoms with Crippen LogP contribution in [0.15, 0.2) is 48.0 Å². The summed E-state index contributed by atoms with van der Waals surface area (Å²) in [6.07, 6.45) is 4.30. The Bertz CT molecular complexity index is 764. The average molecular weight is 294 g/mol. The molecule has 4 rings (SSSR count). The van der Waals surface area contributed by atoms with Crippen LogP contribution in [0.1, 0.15) is 30.0 Å². The van der Waals surface area contributed by atoms with Crippen LogP contribution < -0.4 is 4.90 Å². The van der Waals surface area contributed by atoms with Gasteiger partial charge in [0.2, 0.25) is 0 Å². The molecule has 2 nitrogen and oxygen atoms in total. The van der Waals surface area contributed by atoms with Gasteiger partial charge in [0.25, 0.3) is 0 Å². The molecular formula is C18H18N2S. The number of nitrogens with zero attached hydrogens (tertiary/aromatic N) is 2. The zero-order valence-corrected chi connectivity index (χ0v) is 12.9. The zero-order chi connectivity index (χ0) is 14.2. The number of pyridine rings is 1. The standard InChI is InChI=1S/C18H18N2S/c1-13(17-9-5-11-21-17)20-10-4-8-16-18(20)15-7-3-2-6-14(15)12-19-16/h2-3,5-7,9,11-13H,4,8,10H2,1H3. The summed E-state index contributed by atoms with van der Waals surface area (Å²) in [5.41, 5.74) is 2.60. The van der Waals surface area contributed by atoms with E-state index in [1.165, 1.54) is 33.5 Å². The third-order valence-electron chi connectivity index (χ3n) is 4.37. The van der Waals surface area contributed by atoms with Gasteiger partial charge in [0.05, 0.1) is 17.4 Å². The summed E-state index contributed by atoms with van der Waals surface area (Å²) < 4.78 is 0. The molecule has 0 aliphatic carbocycles. The molecule has 1 aliphatic heterocycles. The predicted octanol–water partition coefficient (Wildman–Crippen LogP) is 4.81. The van der Waals surface area contributed by atoms with Crippen molar-refractivity contribution in [2.75, 3.05) is 11.4 Å². The van der Waals surface area contributed by atoms with Gasteiger partial charge in [0.1, 0.15) is 0 Å². The van der Waals surface area contributed by atoms with E-state index in [0.29, 0.717) is 6.04 Å². The van der Waals surface area contributed by atoms with Crippen LogP contribution in [-0.2, 0) is 6.42 Å². The van der Waals surface area contributed by atoms with Gasteiger partial charge in [-0.15, -0.1) is 11.3 Å². The highest BCUT2D eigenvalue weighted by molar-refractivity contribution is 7.10. The van der Waals surface area contributed by atoms with Gasteiger partial charge in [-0.2, -0.15) is 0 Å². The van der Waals surface area contributed by atoms with Crippen molar-refractivity contribution in [3.63, 3.8) is 0 Å². The second kappa shape index (κ2) is 5.15. The minimum atomic E-state index is 0.414. The third kappa shape index (κ3) is 2.12. The smallest absolute Gasteiger partial charge is 0.0670 e. The van der Waals surface area contributed by atoms with Crippen LogP contribution >= 0.6 is 11.3 Å². The number of aryl methyl sites for hydroxylation is 1. The first-order chi connectivity index (χ1) is 10.3. The van der Waals surface area contributed by atoms with Crippen LogP contribution in [0.5, 0.6) is 0 Å². The van der Waals surface area contributed by atoms with Crippen LogP contribution in [0.4, 0.5) is 5.69 Å². The van der Waals surface area contributed by atoms with E-state index in [1.807, 2.05) is 17.5 Å². The van der Waals surface area contributed by atoms with Crippen molar-refractivity contribution in [3.05, 3.63) is 58.5 Å². The molecule has 1 unspecified atom stereocenters. The maximum Gasteiger partial charge on any atom is 0.0670 e. The molecule has 1 atom stereocenters. The monoisotopic (exact) mass is 294 g/mol. The van der Waals surface area contributed by atoms with Gasteiger partial charge in [0, 0.05) is 28.4 Å². The van der Waals surface area contributed by atoms with Gasteiger partial charge in [0.15, 0.2) is 0 Å². The van der Waals surface area contributed by atoms with Gasteiger partial charge in [-0.25, -0.2) is 0 Å². The van der Waals surface area contributed by atoms with Gasteiger partial charge < -0.3 is 4.90 Å². The zero-order valence-electron chi connectivity index (χ0n) is 12.1. The Hall–Kier alpha value is -1.87. The fourth-order valence-corrected chi connectivity index (χ4v) is 4.09. The lowest BCUT2D eigenvalue weighted by atomic mass is 10.00. The molecular weight excluding hydrogens is 276 g/mol. The summed E-state index contributed by atoms with van der Waals surface area (Å²) >= 11 is 1.84. The highest BCUT2D eigenvalue weighted by Gasteiger charge is 2.25. The highest BCUT2D eigenvalue weighted by Crippen LogP contribution is 2.39. The molecule has 21 heavy (non-hydrogen) atoms. The molecule has 0 spiro atoms. The van der Waals surface area contributed by atoms with Crippen molar-refractivity contribution >= 4 is 27.8 Å². The Kier molecular flexibility index (Phi) is 3.15. The van der Waals surface area contributed by atoms with Gasteiger partial charge >= 0.3 is 0 Å². The molecule has 2 aromatic heterocycles. The van der Waals surface area contributed by atoms with E-state index in [1.54, 1.807) is 0 Å². The largest absolute Gasteiger partial charge is 0.362 e. The molecule has 1 aliphatic rings. The molecule has 0 saturated carbocycles. The Morgan fingerprint density at radius 3 is 2.95 bits per heavy atom. The number of rotatable bonds is 2. The van der Waals surface area contributed by atoms with Crippen molar-refractivity contribution in [2.45, 2.75) is 25.8 Å². The Labute approximate surface area is 129 Å². The van der Waals surface area contributed by atoms with E-state index in [4.69, 9.17) is 4.98 Å².